The number of hydrogen-bond acceptors (Lipinski definition) is 3. The molecule has 0 aromatic heterocycles. The molecule has 0 radical (unpaired) electrons. The van der Waals surface area contributed by atoms with E-state index in [4.69, 9.17) is 0 Å². The highest BCUT2D eigenvalue weighted by molar-refractivity contribution is 7.99. The first-order valence-electron chi connectivity index (χ1n) is 9.52. The third kappa shape index (κ3) is 7.27. The fourth-order valence-electron chi connectivity index (χ4n) is 2.50. The number of nitrogens with one attached hydrogen (secondary N) is 2. The van der Waals surface area contributed by atoms with Gasteiger partial charge in [-0.15, -0.1) is 11.8 Å². The van der Waals surface area contributed by atoms with Crippen molar-refractivity contribution in [3.63, 3.8) is 0 Å². The van der Waals surface area contributed by atoms with Crippen LogP contribution in [-0.4, -0.2) is 49.7 Å². The summed E-state index contributed by atoms with van der Waals surface area (Å²) < 4.78 is 0. The standard InChI is InChI=1S/C22H30N4OS/c1-5-23-22(24-14-15-28-20-12-6-17(2)7-13-20)25-16-18-8-10-19(11-9-18)21(27)26(3)4/h6-13H,5,14-16H2,1-4H3,(H2,23,24,25). The van der Waals surface area contributed by atoms with Crippen molar-refractivity contribution in [2.45, 2.75) is 25.3 Å². The summed E-state index contributed by atoms with van der Waals surface area (Å²) in [4.78, 5) is 19.4. The molecular weight excluding hydrogens is 368 g/mol. The molecule has 150 valence electrons. The first-order valence-corrected chi connectivity index (χ1v) is 10.5. The van der Waals surface area contributed by atoms with Gasteiger partial charge in [0.15, 0.2) is 5.96 Å². The minimum absolute atomic E-state index is 0.0103. The molecule has 0 saturated heterocycles. The number of thioether (sulfide) groups is 1. The molecule has 0 aliphatic carbocycles. The Labute approximate surface area is 172 Å². The highest BCUT2D eigenvalue weighted by Gasteiger charge is 2.07. The van der Waals surface area contributed by atoms with Crippen LogP contribution in [0, 0.1) is 6.92 Å². The molecule has 0 bridgehead atoms. The molecule has 0 saturated carbocycles. The van der Waals surface area contributed by atoms with Crippen LogP contribution in [0.2, 0.25) is 0 Å². The summed E-state index contributed by atoms with van der Waals surface area (Å²) in [7, 11) is 3.51. The average Bonchev–Trinajstić information content (AvgIpc) is 2.70. The van der Waals surface area contributed by atoms with Gasteiger partial charge in [0.25, 0.3) is 5.91 Å². The third-order valence-electron chi connectivity index (χ3n) is 4.06. The largest absolute Gasteiger partial charge is 0.357 e. The SMILES string of the molecule is CCNC(=NCc1ccc(C(=O)N(C)C)cc1)NCCSc1ccc(C)cc1. The van der Waals surface area contributed by atoms with Gasteiger partial charge >= 0.3 is 0 Å². The number of carbonyl (C=O) groups is 1. The number of aryl methyl sites for hydroxylation is 1. The highest BCUT2D eigenvalue weighted by atomic mass is 32.2. The fraction of sp³-hybridized carbons (Fsp3) is 0.364. The normalized spacial score (nSPS) is 11.2. The first kappa shape index (κ1) is 21.8. The molecule has 0 fully saturated rings. The molecular formula is C22H30N4OS. The Morgan fingerprint density at radius 1 is 1.04 bits per heavy atom. The average molecular weight is 399 g/mol. The van der Waals surface area contributed by atoms with E-state index < -0.39 is 0 Å². The van der Waals surface area contributed by atoms with Gasteiger partial charge < -0.3 is 15.5 Å². The van der Waals surface area contributed by atoms with Crippen molar-refractivity contribution >= 4 is 23.6 Å². The number of benzene rings is 2. The van der Waals surface area contributed by atoms with Gasteiger partial charge in [-0.3, -0.25) is 4.79 Å². The van der Waals surface area contributed by atoms with Crippen LogP contribution < -0.4 is 10.6 Å². The summed E-state index contributed by atoms with van der Waals surface area (Å²) >= 11 is 1.83. The van der Waals surface area contributed by atoms with E-state index in [2.05, 4.69) is 53.7 Å². The van der Waals surface area contributed by atoms with Crippen LogP contribution >= 0.6 is 11.8 Å². The second-order valence-corrected chi connectivity index (χ2v) is 7.85. The van der Waals surface area contributed by atoms with Gasteiger partial charge in [0, 0.05) is 43.4 Å². The zero-order chi connectivity index (χ0) is 20.4. The van der Waals surface area contributed by atoms with Gasteiger partial charge in [-0.2, -0.15) is 0 Å². The molecule has 2 N–H and O–H groups in total. The van der Waals surface area contributed by atoms with Crippen LogP contribution in [0.5, 0.6) is 0 Å². The minimum atomic E-state index is 0.0103. The predicted molar refractivity (Wildman–Crippen MR) is 119 cm³/mol. The lowest BCUT2D eigenvalue weighted by molar-refractivity contribution is 0.0827. The van der Waals surface area contributed by atoms with Crippen LogP contribution in [0.1, 0.15) is 28.4 Å². The zero-order valence-corrected chi connectivity index (χ0v) is 18.0. The molecule has 1 amide bonds. The van der Waals surface area contributed by atoms with Crippen molar-refractivity contribution < 1.29 is 4.79 Å². The van der Waals surface area contributed by atoms with E-state index >= 15 is 0 Å². The second kappa shape index (κ2) is 11.4. The van der Waals surface area contributed by atoms with Gasteiger partial charge in [0.05, 0.1) is 6.54 Å². The van der Waals surface area contributed by atoms with E-state index in [0.717, 1.165) is 30.4 Å². The molecule has 28 heavy (non-hydrogen) atoms. The lowest BCUT2D eigenvalue weighted by atomic mass is 10.1. The monoisotopic (exact) mass is 398 g/mol. The highest BCUT2D eigenvalue weighted by Crippen LogP contribution is 2.17. The van der Waals surface area contributed by atoms with Gasteiger partial charge in [0.2, 0.25) is 0 Å². The molecule has 2 aromatic rings. The topological polar surface area (TPSA) is 56.7 Å². The number of nitrogens with zero attached hydrogens (tertiary/aromatic N) is 2. The maximum atomic E-state index is 11.9. The Kier molecular flexibility index (Phi) is 8.88. The maximum Gasteiger partial charge on any atom is 0.253 e. The van der Waals surface area contributed by atoms with E-state index in [9.17, 15) is 4.79 Å². The molecule has 0 heterocycles. The molecule has 2 rings (SSSR count). The van der Waals surface area contributed by atoms with E-state index in [0.29, 0.717) is 12.1 Å². The molecule has 0 atom stereocenters. The lowest BCUT2D eigenvalue weighted by Gasteiger charge is -2.12. The fourth-order valence-corrected chi connectivity index (χ4v) is 3.26. The number of aliphatic imine (C=N–C) groups is 1. The van der Waals surface area contributed by atoms with Gasteiger partial charge in [0.1, 0.15) is 0 Å². The summed E-state index contributed by atoms with van der Waals surface area (Å²) in [5.41, 5.74) is 3.04. The van der Waals surface area contributed by atoms with Crippen LogP contribution in [0.4, 0.5) is 0 Å². The van der Waals surface area contributed by atoms with Gasteiger partial charge in [-0.1, -0.05) is 29.8 Å². The molecule has 0 unspecified atom stereocenters. The van der Waals surface area contributed by atoms with Crippen LogP contribution in [0.15, 0.2) is 58.4 Å². The summed E-state index contributed by atoms with van der Waals surface area (Å²) in [6, 6.07) is 16.2. The minimum Gasteiger partial charge on any atom is -0.357 e. The summed E-state index contributed by atoms with van der Waals surface area (Å²) in [6.45, 7) is 6.37. The van der Waals surface area contributed by atoms with E-state index in [1.807, 2.05) is 36.0 Å². The summed E-state index contributed by atoms with van der Waals surface area (Å²) in [5.74, 6) is 1.78. The van der Waals surface area contributed by atoms with Crippen LogP contribution in [-0.2, 0) is 6.54 Å². The number of hydrogen-bond donors (Lipinski definition) is 2. The predicted octanol–water partition coefficient (Wildman–Crippen LogP) is 3.54. The van der Waals surface area contributed by atoms with Crippen molar-refractivity contribution in [1.29, 1.82) is 0 Å². The van der Waals surface area contributed by atoms with Crippen LogP contribution in [0.3, 0.4) is 0 Å². The van der Waals surface area contributed by atoms with Gasteiger partial charge in [-0.25, -0.2) is 4.99 Å². The Bertz CT molecular complexity index is 770. The Morgan fingerprint density at radius 3 is 2.32 bits per heavy atom. The van der Waals surface area contributed by atoms with Crippen molar-refractivity contribution in [2.24, 2.45) is 4.99 Å². The van der Waals surface area contributed by atoms with Crippen molar-refractivity contribution in [3.05, 3.63) is 65.2 Å². The van der Waals surface area contributed by atoms with E-state index in [1.165, 1.54) is 10.5 Å². The Morgan fingerprint density at radius 2 is 1.71 bits per heavy atom. The van der Waals surface area contributed by atoms with Crippen molar-refractivity contribution in [1.82, 2.24) is 15.5 Å². The molecule has 0 aliphatic heterocycles. The smallest absolute Gasteiger partial charge is 0.253 e. The molecule has 0 spiro atoms. The molecule has 5 nitrogen and oxygen atoms in total. The quantitative estimate of drug-likeness (QED) is 0.309. The molecule has 0 aliphatic rings. The first-order chi connectivity index (χ1) is 13.5. The Balaban J connectivity index is 1.84. The van der Waals surface area contributed by atoms with Gasteiger partial charge in [-0.05, 0) is 43.7 Å². The summed E-state index contributed by atoms with van der Waals surface area (Å²) in [6.07, 6.45) is 0. The third-order valence-corrected chi connectivity index (χ3v) is 5.07. The van der Waals surface area contributed by atoms with Crippen molar-refractivity contribution in [2.75, 3.05) is 32.9 Å². The molecule has 6 heteroatoms. The number of rotatable bonds is 8. The van der Waals surface area contributed by atoms with E-state index in [-0.39, 0.29) is 5.91 Å². The lowest BCUT2D eigenvalue weighted by Crippen LogP contribution is -2.38. The maximum absolute atomic E-state index is 11.9. The second-order valence-electron chi connectivity index (χ2n) is 6.68. The molecule has 2 aromatic carbocycles. The zero-order valence-electron chi connectivity index (χ0n) is 17.2. The number of carbonyl (C=O) groups excluding carboxylic acids is 1. The van der Waals surface area contributed by atoms with E-state index in [1.54, 1.807) is 19.0 Å². The summed E-state index contributed by atoms with van der Waals surface area (Å²) in [5, 5.41) is 6.65. The Hall–Kier alpha value is -2.47. The van der Waals surface area contributed by atoms with Crippen LogP contribution in [0.25, 0.3) is 0 Å². The number of amides is 1. The van der Waals surface area contributed by atoms with Crippen molar-refractivity contribution in [3.8, 4) is 0 Å². The number of guanidine groups is 1.